The molecule has 4 aromatic rings. The Kier molecular flexibility index (Phi) is 6.47. The minimum absolute atomic E-state index is 0.124. The van der Waals surface area contributed by atoms with E-state index < -0.39 is 10.0 Å². The number of nitrogens with zero attached hydrogens (tertiary/aromatic N) is 2. The first-order chi connectivity index (χ1) is 18.4. The molecule has 4 heterocycles. The van der Waals surface area contributed by atoms with Gasteiger partial charge in [0.15, 0.2) is 0 Å². The molecule has 7 nitrogen and oxygen atoms in total. The van der Waals surface area contributed by atoms with Gasteiger partial charge in [-0.05, 0) is 88.9 Å². The summed E-state index contributed by atoms with van der Waals surface area (Å²) in [6, 6.07) is 14.3. The number of hydrogen-bond donors (Lipinski definition) is 2. The quantitative estimate of drug-likeness (QED) is 0.292. The third-order valence-corrected chi connectivity index (χ3v) is 11.8. The highest BCUT2D eigenvalue weighted by atomic mass is 32.2. The summed E-state index contributed by atoms with van der Waals surface area (Å²) in [6.07, 6.45) is 2.57. The lowest BCUT2D eigenvalue weighted by atomic mass is 9.81. The van der Waals surface area contributed by atoms with E-state index >= 15 is 0 Å². The normalized spacial score (nSPS) is 18.8. The van der Waals surface area contributed by atoms with Gasteiger partial charge in [0.25, 0.3) is 5.91 Å². The molecule has 2 aromatic heterocycles. The minimum Gasteiger partial charge on any atom is -0.313 e. The number of hydrogen-bond acceptors (Lipinski definition) is 7. The Hall–Kier alpha value is -2.63. The van der Waals surface area contributed by atoms with Gasteiger partial charge in [-0.2, -0.15) is 4.31 Å². The van der Waals surface area contributed by atoms with Gasteiger partial charge in [0.1, 0.15) is 10.0 Å². The fourth-order valence-electron chi connectivity index (χ4n) is 5.85. The maximum atomic E-state index is 13.5. The fraction of sp³-hybridized carbons (Fsp3) is 0.379. The molecule has 0 spiro atoms. The third kappa shape index (κ3) is 4.82. The average molecular weight is 581 g/mol. The van der Waals surface area contributed by atoms with Crippen molar-refractivity contribution in [1.29, 1.82) is 0 Å². The molecule has 2 aliphatic rings. The number of aromatic nitrogens is 1. The lowest BCUT2D eigenvalue weighted by molar-refractivity contribution is 0.102. The van der Waals surface area contributed by atoms with Crippen LogP contribution in [0, 0.1) is 0 Å². The molecule has 0 saturated carbocycles. The summed E-state index contributed by atoms with van der Waals surface area (Å²) in [4.78, 5) is 19.9. The molecular formula is C29H32N4O3S3. The van der Waals surface area contributed by atoms with E-state index in [1.54, 1.807) is 34.8 Å². The first kappa shape index (κ1) is 26.6. The van der Waals surface area contributed by atoms with Gasteiger partial charge in [-0.15, -0.1) is 22.7 Å². The van der Waals surface area contributed by atoms with E-state index in [-0.39, 0.29) is 21.9 Å². The maximum Gasteiger partial charge on any atom is 0.256 e. The fourth-order valence-corrected chi connectivity index (χ4v) is 9.75. The molecule has 2 aromatic carbocycles. The van der Waals surface area contributed by atoms with Crippen molar-refractivity contribution in [2.24, 2.45) is 0 Å². The molecule has 204 valence electrons. The standard InChI is InChI=1S/C29H32N4O3S3/c1-28(2)17-20-23(26-30-21-9-5-6-10-22(21)37-26)27(38-24(20)29(3,4)32-28)31-25(34)18-11-13-19(14-12-18)39(35,36)33-15-7-8-16-33/h5-6,9-14,32H,7-8,15-17H2,1-4H3,(H,31,34). The van der Waals surface area contributed by atoms with Crippen LogP contribution in [0.3, 0.4) is 0 Å². The van der Waals surface area contributed by atoms with Crippen molar-refractivity contribution in [2.45, 2.75) is 62.9 Å². The number of nitrogens with one attached hydrogen (secondary N) is 2. The van der Waals surface area contributed by atoms with Crippen LogP contribution in [0.1, 0.15) is 61.3 Å². The van der Waals surface area contributed by atoms with Crippen LogP contribution in [0.15, 0.2) is 53.4 Å². The van der Waals surface area contributed by atoms with Gasteiger partial charge in [-0.3, -0.25) is 4.79 Å². The van der Waals surface area contributed by atoms with Crippen LogP contribution in [0.2, 0.25) is 0 Å². The van der Waals surface area contributed by atoms with Gasteiger partial charge >= 0.3 is 0 Å². The second kappa shape index (κ2) is 9.49. The number of carbonyl (C=O) groups is 1. The summed E-state index contributed by atoms with van der Waals surface area (Å²) in [6.45, 7) is 9.85. The Morgan fingerprint density at radius 2 is 1.69 bits per heavy atom. The van der Waals surface area contributed by atoms with Crippen LogP contribution in [0.25, 0.3) is 20.8 Å². The van der Waals surface area contributed by atoms with Crippen molar-refractivity contribution in [3.8, 4) is 10.6 Å². The number of thiophene rings is 1. The summed E-state index contributed by atoms with van der Waals surface area (Å²) in [5.41, 5.74) is 3.16. The number of sulfonamides is 1. The first-order valence-corrected chi connectivity index (χ1v) is 16.2. The molecule has 0 unspecified atom stereocenters. The summed E-state index contributed by atoms with van der Waals surface area (Å²) >= 11 is 3.23. The maximum absolute atomic E-state index is 13.5. The molecule has 10 heteroatoms. The molecule has 0 aliphatic carbocycles. The second-order valence-corrected chi connectivity index (χ2v) is 15.5. The zero-order valence-corrected chi connectivity index (χ0v) is 24.9. The number of anilines is 1. The van der Waals surface area contributed by atoms with Gasteiger partial charge in [-0.25, -0.2) is 13.4 Å². The number of fused-ring (bicyclic) bond motifs is 2. The van der Waals surface area contributed by atoms with Crippen molar-refractivity contribution < 1.29 is 13.2 Å². The number of amides is 1. The van der Waals surface area contributed by atoms with E-state index in [1.807, 2.05) is 18.2 Å². The predicted molar refractivity (Wildman–Crippen MR) is 159 cm³/mol. The average Bonchev–Trinajstić information content (AvgIpc) is 3.62. The molecule has 2 aliphatic heterocycles. The topological polar surface area (TPSA) is 91.4 Å². The molecule has 0 bridgehead atoms. The van der Waals surface area contributed by atoms with Crippen LogP contribution >= 0.6 is 22.7 Å². The predicted octanol–water partition coefficient (Wildman–Crippen LogP) is 6.22. The highest BCUT2D eigenvalue weighted by Crippen LogP contribution is 2.50. The molecular weight excluding hydrogens is 549 g/mol. The highest BCUT2D eigenvalue weighted by Gasteiger charge is 2.41. The SMILES string of the molecule is CC1(C)Cc2c(sc(NC(=O)c3ccc(S(=O)(=O)N4CCCC4)cc3)c2-c2nc3ccccc3s2)C(C)(C)N1. The van der Waals surface area contributed by atoms with E-state index in [9.17, 15) is 13.2 Å². The molecule has 1 fully saturated rings. The van der Waals surface area contributed by atoms with Crippen LogP contribution in [0.4, 0.5) is 5.00 Å². The summed E-state index contributed by atoms with van der Waals surface area (Å²) in [5.74, 6) is -0.272. The van der Waals surface area contributed by atoms with Gasteiger partial charge in [0.2, 0.25) is 10.0 Å². The molecule has 39 heavy (non-hydrogen) atoms. The third-order valence-electron chi connectivity index (χ3n) is 7.40. The van der Waals surface area contributed by atoms with E-state index in [1.165, 1.54) is 26.9 Å². The Morgan fingerprint density at radius 3 is 2.38 bits per heavy atom. The van der Waals surface area contributed by atoms with Gasteiger partial charge in [-0.1, -0.05) is 12.1 Å². The van der Waals surface area contributed by atoms with E-state index in [0.717, 1.165) is 45.1 Å². The van der Waals surface area contributed by atoms with E-state index in [0.29, 0.717) is 18.7 Å². The molecule has 2 N–H and O–H groups in total. The number of carbonyl (C=O) groups excluding carboxylic acids is 1. The first-order valence-electron chi connectivity index (χ1n) is 13.2. The van der Waals surface area contributed by atoms with Crippen molar-refractivity contribution in [2.75, 3.05) is 18.4 Å². The van der Waals surface area contributed by atoms with Crippen LogP contribution in [-0.2, 0) is 22.0 Å². The van der Waals surface area contributed by atoms with Crippen molar-refractivity contribution in [1.82, 2.24) is 14.6 Å². The van der Waals surface area contributed by atoms with Gasteiger partial charge < -0.3 is 10.6 Å². The molecule has 6 rings (SSSR count). The lowest BCUT2D eigenvalue weighted by Crippen LogP contribution is -2.54. The van der Waals surface area contributed by atoms with E-state index in [2.05, 4.69) is 44.4 Å². The smallest absolute Gasteiger partial charge is 0.256 e. The molecule has 1 amide bonds. The van der Waals surface area contributed by atoms with E-state index in [4.69, 9.17) is 4.98 Å². The Bertz CT molecular complexity index is 1650. The Labute approximate surface area is 237 Å². The van der Waals surface area contributed by atoms with Crippen LogP contribution < -0.4 is 10.6 Å². The number of thiazole rings is 1. The molecule has 1 saturated heterocycles. The Morgan fingerprint density at radius 1 is 1.00 bits per heavy atom. The second-order valence-electron chi connectivity index (χ2n) is 11.5. The molecule has 0 radical (unpaired) electrons. The van der Waals surface area contributed by atoms with Crippen molar-refractivity contribution in [3.05, 3.63) is 64.5 Å². The summed E-state index contributed by atoms with van der Waals surface area (Å²) in [5, 5.41) is 8.58. The lowest BCUT2D eigenvalue weighted by Gasteiger charge is -2.42. The van der Waals surface area contributed by atoms with Crippen LogP contribution in [0.5, 0.6) is 0 Å². The van der Waals surface area contributed by atoms with Crippen molar-refractivity contribution in [3.63, 3.8) is 0 Å². The monoisotopic (exact) mass is 580 g/mol. The summed E-state index contributed by atoms with van der Waals surface area (Å²) in [7, 11) is -3.53. The zero-order chi connectivity index (χ0) is 27.6. The summed E-state index contributed by atoms with van der Waals surface area (Å²) < 4.78 is 28.5. The number of rotatable bonds is 5. The van der Waals surface area contributed by atoms with Gasteiger partial charge in [0.05, 0.1) is 15.1 Å². The number of benzene rings is 2. The van der Waals surface area contributed by atoms with Gasteiger partial charge in [0, 0.05) is 40.2 Å². The zero-order valence-electron chi connectivity index (χ0n) is 22.5. The largest absolute Gasteiger partial charge is 0.313 e. The minimum atomic E-state index is -3.53. The molecule has 0 atom stereocenters. The Balaban J connectivity index is 1.38. The number of para-hydroxylation sites is 1. The van der Waals surface area contributed by atoms with Crippen LogP contribution in [-0.4, -0.2) is 42.2 Å². The van der Waals surface area contributed by atoms with Crippen molar-refractivity contribution >= 4 is 53.8 Å². The highest BCUT2D eigenvalue weighted by molar-refractivity contribution is 7.89.